The lowest BCUT2D eigenvalue weighted by molar-refractivity contribution is -0.114. The van der Waals surface area contributed by atoms with Gasteiger partial charge in [0.15, 0.2) is 0 Å². The zero-order chi connectivity index (χ0) is 22.7. The van der Waals surface area contributed by atoms with Gasteiger partial charge in [0.25, 0.3) is 5.91 Å². The number of benzene rings is 2. The van der Waals surface area contributed by atoms with E-state index in [1.807, 2.05) is 53.4 Å². The van der Waals surface area contributed by atoms with E-state index < -0.39 is 0 Å². The van der Waals surface area contributed by atoms with Crippen molar-refractivity contribution < 1.29 is 14.1 Å². The van der Waals surface area contributed by atoms with Crippen molar-refractivity contribution in [2.24, 2.45) is 0 Å². The maximum Gasteiger partial charge on any atom is 0.253 e. The number of rotatable bonds is 5. The Morgan fingerprint density at radius 1 is 1.03 bits per heavy atom. The normalized spacial score (nSPS) is 14.6. The molecule has 0 atom stereocenters. The molecule has 2 amide bonds. The Morgan fingerprint density at radius 3 is 2.28 bits per heavy atom. The lowest BCUT2D eigenvalue weighted by Crippen LogP contribution is -2.38. The van der Waals surface area contributed by atoms with Gasteiger partial charge in [-0.1, -0.05) is 31.1 Å². The third kappa shape index (κ3) is 4.88. The van der Waals surface area contributed by atoms with Crippen LogP contribution in [0.5, 0.6) is 0 Å². The second kappa shape index (κ2) is 9.34. The summed E-state index contributed by atoms with van der Waals surface area (Å²) in [5.41, 5.74) is 3.51. The summed E-state index contributed by atoms with van der Waals surface area (Å²) >= 11 is 0. The van der Waals surface area contributed by atoms with Gasteiger partial charge in [-0.2, -0.15) is 4.98 Å². The van der Waals surface area contributed by atoms with Gasteiger partial charge >= 0.3 is 0 Å². The number of carbonyl (C=O) groups excluding carboxylic acids is 2. The van der Waals surface area contributed by atoms with E-state index in [1.165, 1.54) is 12.5 Å². The average molecular weight is 433 g/mol. The first-order valence-corrected chi connectivity index (χ1v) is 11.0. The number of aromatic nitrogens is 2. The molecule has 2 heterocycles. The molecule has 3 aromatic rings. The van der Waals surface area contributed by atoms with Crippen LogP contribution in [0.15, 0.2) is 53.1 Å². The van der Waals surface area contributed by atoms with Crippen LogP contribution >= 0.6 is 0 Å². The van der Waals surface area contributed by atoms with Crippen LogP contribution in [0.1, 0.15) is 67.3 Å². The molecule has 0 aliphatic carbocycles. The first-order chi connectivity index (χ1) is 15.4. The van der Waals surface area contributed by atoms with Crippen LogP contribution in [0.3, 0.4) is 0 Å². The zero-order valence-corrected chi connectivity index (χ0v) is 18.7. The molecule has 32 heavy (non-hydrogen) atoms. The topological polar surface area (TPSA) is 88.3 Å². The number of amides is 2. The molecule has 0 radical (unpaired) electrons. The lowest BCUT2D eigenvalue weighted by atomic mass is 9.96. The maximum absolute atomic E-state index is 12.9. The summed E-state index contributed by atoms with van der Waals surface area (Å²) in [7, 11) is 0. The summed E-state index contributed by atoms with van der Waals surface area (Å²) in [6.45, 7) is 7.09. The van der Waals surface area contributed by atoms with Crippen molar-refractivity contribution in [2.45, 2.75) is 45.4 Å². The Balaban J connectivity index is 1.36. The largest absolute Gasteiger partial charge is 0.339 e. The standard InChI is InChI=1S/C25H28N4O3/c1-16(2)18-4-6-21(7-5-18)25(31)29-14-12-20(13-15-29)24-27-23(28-32-24)19-8-10-22(11-9-19)26-17(3)30/h4-11,16,20H,12-15H2,1-3H3,(H,26,30). The van der Waals surface area contributed by atoms with Crippen molar-refractivity contribution in [2.75, 3.05) is 18.4 Å². The minimum Gasteiger partial charge on any atom is -0.339 e. The Morgan fingerprint density at radius 2 is 1.69 bits per heavy atom. The third-order valence-corrected chi connectivity index (χ3v) is 5.86. The van der Waals surface area contributed by atoms with Crippen molar-refractivity contribution in [3.63, 3.8) is 0 Å². The monoisotopic (exact) mass is 432 g/mol. The second-order valence-corrected chi connectivity index (χ2v) is 8.56. The van der Waals surface area contributed by atoms with E-state index in [2.05, 4.69) is 29.3 Å². The molecule has 1 aromatic heterocycles. The van der Waals surface area contributed by atoms with Crippen LogP contribution in [0.4, 0.5) is 5.69 Å². The Labute approximate surface area is 187 Å². The van der Waals surface area contributed by atoms with Crippen molar-refractivity contribution in [1.29, 1.82) is 0 Å². The molecule has 1 saturated heterocycles. The van der Waals surface area contributed by atoms with E-state index in [4.69, 9.17) is 4.52 Å². The molecule has 1 fully saturated rings. The summed E-state index contributed by atoms with van der Waals surface area (Å²) in [4.78, 5) is 30.5. The minimum atomic E-state index is -0.114. The van der Waals surface area contributed by atoms with Crippen molar-refractivity contribution in [1.82, 2.24) is 15.0 Å². The highest BCUT2D eigenvalue weighted by molar-refractivity contribution is 5.94. The number of nitrogens with one attached hydrogen (secondary N) is 1. The number of likely N-dealkylation sites (tertiary alicyclic amines) is 1. The summed E-state index contributed by atoms with van der Waals surface area (Å²) < 4.78 is 5.53. The van der Waals surface area contributed by atoms with Crippen LogP contribution < -0.4 is 5.32 Å². The summed E-state index contributed by atoms with van der Waals surface area (Å²) in [6.07, 6.45) is 1.58. The number of hydrogen-bond acceptors (Lipinski definition) is 5. The summed E-state index contributed by atoms with van der Waals surface area (Å²) in [5, 5.41) is 6.86. The molecule has 0 spiro atoms. The van der Waals surface area contributed by atoms with E-state index in [0.717, 1.165) is 29.7 Å². The van der Waals surface area contributed by atoms with Gasteiger partial charge in [0.1, 0.15) is 0 Å². The molecular weight excluding hydrogens is 404 g/mol. The van der Waals surface area contributed by atoms with Gasteiger partial charge < -0.3 is 14.7 Å². The van der Waals surface area contributed by atoms with E-state index in [-0.39, 0.29) is 17.7 Å². The van der Waals surface area contributed by atoms with Crippen LogP contribution in [0.2, 0.25) is 0 Å². The highest BCUT2D eigenvalue weighted by Crippen LogP contribution is 2.29. The van der Waals surface area contributed by atoms with E-state index >= 15 is 0 Å². The van der Waals surface area contributed by atoms with E-state index in [9.17, 15) is 9.59 Å². The van der Waals surface area contributed by atoms with Gasteiger partial charge in [-0.3, -0.25) is 9.59 Å². The SMILES string of the molecule is CC(=O)Nc1ccc(-c2noc(C3CCN(C(=O)c4ccc(C(C)C)cc4)CC3)n2)cc1. The quantitative estimate of drug-likeness (QED) is 0.623. The predicted molar refractivity (Wildman–Crippen MR) is 122 cm³/mol. The van der Waals surface area contributed by atoms with Gasteiger partial charge in [0.2, 0.25) is 17.6 Å². The number of anilines is 1. The third-order valence-electron chi connectivity index (χ3n) is 5.86. The molecule has 7 nitrogen and oxygen atoms in total. The number of nitrogens with zero attached hydrogens (tertiary/aromatic N) is 3. The number of carbonyl (C=O) groups is 2. The van der Waals surface area contributed by atoms with Crippen LogP contribution in [-0.2, 0) is 4.79 Å². The zero-order valence-electron chi connectivity index (χ0n) is 18.7. The summed E-state index contributed by atoms with van der Waals surface area (Å²) in [5.74, 6) is 1.69. The molecule has 4 rings (SSSR count). The molecule has 166 valence electrons. The Kier molecular flexibility index (Phi) is 6.35. The van der Waals surface area contributed by atoms with Crippen LogP contribution in [0.25, 0.3) is 11.4 Å². The Bertz CT molecular complexity index is 1080. The highest BCUT2D eigenvalue weighted by atomic mass is 16.5. The van der Waals surface area contributed by atoms with Crippen LogP contribution in [-0.4, -0.2) is 39.9 Å². The first-order valence-electron chi connectivity index (χ1n) is 11.0. The van der Waals surface area contributed by atoms with E-state index in [1.54, 1.807) is 0 Å². The highest BCUT2D eigenvalue weighted by Gasteiger charge is 2.28. The maximum atomic E-state index is 12.9. The van der Waals surface area contributed by atoms with Crippen LogP contribution in [0, 0.1) is 0 Å². The molecule has 1 aliphatic rings. The second-order valence-electron chi connectivity index (χ2n) is 8.56. The number of hydrogen-bond donors (Lipinski definition) is 1. The average Bonchev–Trinajstić information content (AvgIpc) is 3.29. The minimum absolute atomic E-state index is 0.0734. The molecule has 1 N–H and O–H groups in total. The summed E-state index contributed by atoms with van der Waals surface area (Å²) in [6, 6.07) is 15.2. The van der Waals surface area contributed by atoms with Gasteiger partial charge in [0.05, 0.1) is 0 Å². The van der Waals surface area contributed by atoms with Crippen molar-refractivity contribution in [3.8, 4) is 11.4 Å². The fourth-order valence-electron chi connectivity index (χ4n) is 3.95. The van der Waals surface area contributed by atoms with Gasteiger partial charge in [-0.15, -0.1) is 0 Å². The number of piperidine rings is 1. The van der Waals surface area contributed by atoms with Crippen molar-refractivity contribution >= 4 is 17.5 Å². The fraction of sp³-hybridized carbons (Fsp3) is 0.360. The molecule has 0 unspecified atom stereocenters. The lowest BCUT2D eigenvalue weighted by Gasteiger charge is -2.30. The van der Waals surface area contributed by atoms with E-state index in [0.29, 0.717) is 30.7 Å². The van der Waals surface area contributed by atoms with Gasteiger partial charge in [-0.25, -0.2) is 0 Å². The molecule has 0 saturated carbocycles. The van der Waals surface area contributed by atoms with Gasteiger partial charge in [-0.05, 0) is 60.7 Å². The molecule has 2 aromatic carbocycles. The smallest absolute Gasteiger partial charge is 0.253 e. The fourth-order valence-corrected chi connectivity index (χ4v) is 3.95. The van der Waals surface area contributed by atoms with Crippen molar-refractivity contribution in [3.05, 3.63) is 65.5 Å². The molecular formula is C25H28N4O3. The molecule has 0 bridgehead atoms. The molecule has 1 aliphatic heterocycles. The Hall–Kier alpha value is -3.48. The van der Waals surface area contributed by atoms with Gasteiger partial charge in [0, 0.05) is 42.7 Å². The first kappa shape index (κ1) is 21.7. The predicted octanol–water partition coefficient (Wildman–Crippen LogP) is 4.84. The molecule has 7 heteroatoms.